The molecule has 1 fully saturated rings. The Morgan fingerprint density at radius 2 is 2.35 bits per heavy atom. The molecule has 1 aromatic rings. The standard InChI is InChI=1S/C10H17N3O2S2/c1-8-6-11-10(16-8)13-5-3-4-9(7-13)12-17(2,14)15/h6,9,12H,3-5,7H2,1-2H3. The molecule has 0 bridgehead atoms. The first-order valence-corrected chi connectivity index (χ1v) is 8.29. The molecule has 0 aromatic carbocycles. The smallest absolute Gasteiger partial charge is 0.209 e. The average molecular weight is 275 g/mol. The van der Waals surface area contributed by atoms with Crippen LogP contribution in [-0.4, -0.2) is 38.8 Å². The average Bonchev–Trinajstić information content (AvgIpc) is 2.63. The van der Waals surface area contributed by atoms with Gasteiger partial charge in [-0.15, -0.1) is 11.3 Å². The molecule has 96 valence electrons. The van der Waals surface area contributed by atoms with Crippen molar-refractivity contribution in [2.24, 2.45) is 0 Å². The molecule has 5 nitrogen and oxygen atoms in total. The lowest BCUT2D eigenvalue weighted by Gasteiger charge is -2.32. The molecule has 2 rings (SSSR count). The summed E-state index contributed by atoms with van der Waals surface area (Å²) in [5.41, 5.74) is 0. The summed E-state index contributed by atoms with van der Waals surface area (Å²) in [7, 11) is -3.12. The summed E-state index contributed by atoms with van der Waals surface area (Å²) >= 11 is 1.65. The summed E-state index contributed by atoms with van der Waals surface area (Å²) in [4.78, 5) is 7.67. The van der Waals surface area contributed by atoms with E-state index in [1.165, 1.54) is 11.1 Å². The summed E-state index contributed by atoms with van der Waals surface area (Å²) in [6, 6.07) is 0.00274. The highest BCUT2D eigenvalue weighted by Crippen LogP contribution is 2.24. The van der Waals surface area contributed by atoms with Gasteiger partial charge < -0.3 is 4.90 Å². The summed E-state index contributed by atoms with van der Waals surface area (Å²) in [6.07, 6.45) is 4.95. The Balaban J connectivity index is 2.02. The minimum absolute atomic E-state index is 0.00274. The number of thiazole rings is 1. The maximum Gasteiger partial charge on any atom is 0.209 e. The van der Waals surface area contributed by atoms with E-state index in [4.69, 9.17) is 0 Å². The lowest BCUT2D eigenvalue weighted by Crippen LogP contribution is -2.47. The molecule has 0 radical (unpaired) electrons. The van der Waals surface area contributed by atoms with E-state index in [1.807, 2.05) is 13.1 Å². The van der Waals surface area contributed by atoms with E-state index < -0.39 is 10.0 Å². The largest absolute Gasteiger partial charge is 0.346 e. The van der Waals surface area contributed by atoms with Crippen LogP contribution in [0.5, 0.6) is 0 Å². The van der Waals surface area contributed by atoms with Crippen LogP contribution in [0.1, 0.15) is 17.7 Å². The fourth-order valence-corrected chi connectivity index (χ4v) is 3.63. The maximum atomic E-state index is 11.2. The Morgan fingerprint density at radius 3 is 2.94 bits per heavy atom. The van der Waals surface area contributed by atoms with Crippen LogP contribution < -0.4 is 9.62 Å². The van der Waals surface area contributed by atoms with Gasteiger partial charge in [0, 0.05) is 30.2 Å². The molecule has 1 aliphatic heterocycles. The number of aromatic nitrogens is 1. The predicted octanol–water partition coefficient (Wildman–Crippen LogP) is 0.970. The lowest BCUT2D eigenvalue weighted by atomic mass is 10.1. The van der Waals surface area contributed by atoms with Gasteiger partial charge >= 0.3 is 0 Å². The summed E-state index contributed by atoms with van der Waals surface area (Å²) in [5, 5.41) is 0.988. The zero-order valence-corrected chi connectivity index (χ0v) is 11.6. The summed E-state index contributed by atoms with van der Waals surface area (Å²) < 4.78 is 25.1. The quantitative estimate of drug-likeness (QED) is 0.893. The first kappa shape index (κ1) is 12.8. The molecule has 1 atom stereocenters. The first-order chi connectivity index (χ1) is 7.94. The van der Waals surface area contributed by atoms with Crippen molar-refractivity contribution in [2.45, 2.75) is 25.8 Å². The zero-order chi connectivity index (χ0) is 12.5. The Bertz CT molecular complexity index is 483. The van der Waals surface area contributed by atoms with E-state index in [1.54, 1.807) is 11.3 Å². The fraction of sp³-hybridized carbons (Fsp3) is 0.700. The third kappa shape index (κ3) is 3.65. The SMILES string of the molecule is Cc1cnc(N2CCCC(NS(C)(=O)=O)C2)s1. The number of aryl methyl sites for hydroxylation is 1. The highest BCUT2D eigenvalue weighted by molar-refractivity contribution is 7.88. The van der Waals surface area contributed by atoms with Crippen molar-refractivity contribution < 1.29 is 8.42 Å². The topological polar surface area (TPSA) is 62.3 Å². The van der Waals surface area contributed by atoms with Gasteiger partial charge in [-0.05, 0) is 19.8 Å². The molecule has 0 amide bonds. The van der Waals surface area contributed by atoms with E-state index in [0.717, 1.165) is 24.5 Å². The number of hydrogen-bond acceptors (Lipinski definition) is 5. The Hall–Kier alpha value is -0.660. The molecule has 1 aromatic heterocycles. The molecular formula is C10H17N3O2S2. The normalized spacial score (nSPS) is 21.8. The second-order valence-electron chi connectivity index (χ2n) is 4.43. The van der Waals surface area contributed by atoms with Crippen LogP contribution in [0.25, 0.3) is 0 Å². The van der Waals surface area contributed by atoms with E-state index in [2.05, 4.69) is 14.6 Å². The summed E-state index contributed by atoms with van der Waals surface area (Å²) in [5.74, 6) is 0. The van der Waals surface area contributed by atoms with Crippen molar-refractivity contribution in [2.75, 3.05) is 24.2 Å². The van der Waals surface area contributed by atoms with Gasteiger partial charge in [0.25, 0.3) is 0 Å². The Kier molecular flexibility index (Phi) is 3.70. The fourth-order valence-electron chi connectivity index (χ4n) is 2.04. The van der Waals surface area contributed by atoms with Crippen molar-refractivity contribution in [3.63, 3.8) is 0 Å². The van der Waals surface area contributed by atoms with Crippen LogP contribution in [0.15, 0.2) is 6.20 Å². The lowest BCUT2D eigenvalue weighted by molar-refractivity contribution is 0.467. The monoisotopic (exact) mass is 275 g/mol. The highest BCUT2D eigenvalue weighted by Gasteiger charge is 2.23. The van der Waals surface area contributed by atoms with Gasteiger partial charge in [0.1, 0.15) is 0 Å². The van der Waals surface area contributed by atoms with Gasteiger partial charge in [0.15, 0.2) is 5.13 Å². The van der Waals surface area contributed by atoms with Crippen molar-refractivity contribution >= 4 is 26.5 Å². The Morgan fingerprint density at radius 1 is 1.59 bits per heavy atom. The molecule has 7 heteroatoms. The third-order valence-electron chi connectivity index (χ3n) is 2.68. The molecule has 1 aliphatic rings. The van der Waals surface area contributed by atoms with Gasteiger partial charge in [0.05, 0.1) is 6.26 Å². The number of rotatable bonds is 3. The van der Waals surface area contributed by atoms with Gasteiger partial charge in [0.2, 0.25) is 10.0 Å². The zero-order valence-electron chi connectivity index (χ0n) is 10.0. The molecule has 0 spiro atoms. The minimum Gasteiger partial charge on any atom is -0.346 e. The van der Waals surface area contributed by atoms with Crippen molar-refractivity contribution in [3.05, 3.63) is 11.1 Å². The van der Waals surface area contributed by atoms with Gasteiger partial charge in [-0.1, -0.05) is 0 Å². The summed E-state index contributed by atoms with van der Waals surface area (Å²) in [6.45, 7) is 3.69. The van der Waals surface area contributed by atoms with Crippen LogP contribution in [0.3, 0.4) is 0 Å². The van der Waals surface area contributed by atoms with Crippen molar-refractivity contribution in [1.29, 1.82) is 0 Å². The molecule has 2 heterocycles. The number of nitrogens with zero attached hydrogens (tertiary/aromatic N) is 2. The molecule has 0 aliphatic carbocycles. The molecule has 1 unspecified atom stereocenters. The van der Waals surface area contributed by atoms with Crippen LogP contribution in [0.2, 0.25) is 0 Å². The van der Waals surface area contributed by atoms with Gasteiger partial charge in [-0.2, -0.15) is 0 Å². The van der Waals surface area contributed by atoms with Crippen LogP contribution >= 0.6 is 11.3 Å². The van der Waals surface area contributed by atoms with Gasteiger partial charge in [-0.3, -0.25) is 0 Å². The maximum absolute atomic E-state index is 11.2. The predicted molar refractivity (Wildman–Crippen MR) is 70.1 cm³/mol. The number of sulfonamides is 1. The third-order valence-corrected chi connectivity index (χ3v) is 4.42. The van der Waals surface area contributed by atoms with Crippen molar-refractivity contribution in [3.8, 4) is 0 Å². The molecule has 1 N–H and O–H groups in total. The van der Waals surface area contributed by atoms with Gasteiger partial charge in [-0.25, -0.2) is 18.1 Å². The first-order valence-electron chi connectivity index (χ1n) is 5.59. The molecular weight excluding hydrogens is 258 g/mol. The molecule has 0 saturated carbocycles. The highest BCUT2D eigenvalue weighted by atomic mass is 32.2. The van der Waals surface area contributed by atoms with Crippen LogP contribution in [0.4, 0.5) is 5.13 Å². The second-order valence-corrected chi connectivity index (χ2v) is 7.42. The van der Waals surface area contributed by atoms with E-state index in [0.29, 0.717) is 6.54 Å². The van der Waals surface area contributed by atoms with E-state index in [9.17, 15) is 8.42 Å². The molecule has 17 heavy (non-hydrogen) atoms. The van der Waals surface area contributed by atoms with Crippen LogP contribution in [-0.2, 0) is 10.0 Å². The second kappa shape index (κ2) is 4.91. The number of nitrogens with one attached hydrogen (secondary N) is 1. The number of hydrogen-bond donors (Lipinski definition) is 1. The molecule has 1 saturated heterocycles. The Labute approximate surface area is 106 Å². The van der Waals surface area contributed by atoms with E-state index in [-0.39, 0.29) is 6.04 Å². The van der Waals surface area contributed by atoms with Crippen LogP contribution in [0, 0.1) is 6.92 Å². The minimum atomic E-state index is -3.12. The van der Waals surface area contributed by atoms with E-state index >= 15 is 0 Å². The van der Waals surface area contributed by atoms with Crippen molar-refractivity contribution in [1.82, 2.24) is 9.71 Å². The number of piperidine rings is 1. The number of anilines is 1.